The fraction of sp³-hybridized carbons (Fsp3) is 0.357. The van der Waals surface area contributed by atoms with E-state index in [1.54, 1.807) is 30.7 Å². The number of pyridine rings is 1. The van der Waals surface area contributed by atoms with Gasteiger partial charge in [0, 0.05) is 41.0 Å². The van der Waals surface area contributed by atoms with Gasteiger partial charge in [-0.05, 0) is 85.7 Å². The van der Waals surface area contributed by atoms with E-state index in [4.69, 9.17) is 0 Å². The van der Waals surface area contributed by atoms with Gasteiger partial charge < -0.3 is 15.5 Å². The molecule has 0 amide bonds. The predicted octanol–water partition coefficient (Wildman–Crippen LogP) is 5.53. The van der Waals surface area contributed by atoms with Gasteiger partial charge in [0.05, 0.1) is 6.20 Å². The van der Waals surface area contributed by atoms with Crippen LogP contribution < -0.4 is 10.6 Å². The van der Waals surface area contributed by atoms with E-state index in [-0.39, 0.29) is 5.56 Å². The molecule has 0 radical (unpaired) electrons. The zero-order chi connectivity index (χ0) is 26.7. The Hall–Kier alpha value is -3.81. The second-order valence-corrected chi connectivity index (χ2v) is 12.6. The summed E-state index contributed by atoms with van der Waals surface area (Å²) < 4.78 is 16.2. The van der Waals surface area contributed by atoms with Gasteiger partial charge in [-0.1, -0.05) is 12.1 Å². The molecule has 38 heavy (non-hydrogen) atoms. The number of nitriles is 1. The van der Waals surface area contributed by atoms with Crippen LogP contribution in [0.4, 0.5) is 29.1 Å². The lowest BCUT2D eigenvalue weighted by Crippen LogP contribution is -2.27. The molecule has 9 nitrogen and oxygen atoms in total. The van der Waals surface area contributed by atoms with Crippen molar-refractivity contribution in [2.45, 2.75) is 38.6 Å². The molecule has 0 fully saturated rings. The fourth-order valence-corrected chi connectivity index (χ4v) is 5.47. The zero-order valence-corrected chi connectivity index (χ0v) is 22.8. The normalized spacial score (nSPS) is 15.7. The third kappa shape index (κ3) is 6.18. The van der Waals surface area contributed by atoms with Crippen molar-refractivity contribution < 1.29 is 4.21 Å². The van der Waals surface area contributed by atoms with Crippen LogP contribution in [0.2, 0.25) is 0 Å². The Balaban J connectivity index is 1.47. The summed E-state index contributed by atoms with van der Waals surface area (Å²) in [5, 5.41) is 16.1. The number of benzene rings is 1. The van der Waals surface area contributed by atoms with E-state index in [1.807, 2.05) is 0 Å². The molecule has 2 aromatic heterocycles. The first-order valence-electron chi connectivity index (χ1n) is 12.8. The minimum absolute atomic E-state index is 0.287. The van der Waals surface area contributed by atoms with Crippen molar-refractivity contribution in [3.8, 4) is 6.07 Å². The van der Waals surface area contributed by atoms with Gasteiger partial charge in [-0.2, -0.15) is 14.6 Å². The Morgan fingerprint density at radius 1 is 1.13 bits per heavy atom. The molecule has 0 saturated carbocycles. The molecule has 2 N–H and O–H groups in total. The molecule has 3 aromatic rings. The number of hydrogen-bond acceptors (Lipinski definition) is 9. The third-order valence-electron chi connectivity index (χ3n) is 6.62. The second-order valence-electron chi connectivity index (χ2n) is 10.1. The Bertz CT molecular complexity index is 1560. The van der Waals surface area contributed by atoms with E-state index in [9.17, 15) is 9.47 Å². The van der Waals surface area contributed by atoms with Gasteiger partial charge in [0.15, 0.2) is 11.6 Å². The van der Waals surface area contributed by atoms with Crippen LogP contribution in [-0.2, 0) is 22.7 Å². The van der Waals surface area contributed by atoms with Crippen molar-refractivity contribution in [1.82, 2.24) is 19.9 Å². The molecule has 0 unspecified atom stereocenters. The van der Waals surface area contributed by atoms with Gasteiger partial charge in [0.2, 0.25) is 5.95 Å². The Kier molecular flexibility index (Phi) is 7.40. The monoisotopic (exact) mass is 528 g/mol. The predicted molar refractivity (Wildman–Crippen MR) is 153 cm³/mol. The van der Waals surface area contributed by atoms with E-state index in [2.05, 4.69) is 66.2 Å². The molecule has 2 aliphatic rings. The molecule has 0 saturated heterocycles. The number of nitrogens with one attached hydrogen (secondary N) is 2. The van der Waals surface area contributed by atoms with Crippen LogP contribution in [0.3, 0.4) is 0 Å². The molecule has 196 valence electrons. The lowest BCUT2D eigenvalue weighted by molar-refractivity contribution is 0.313. The van der Waals surface area contributed by atoms with Crippen molar-refractivity contribution in [2.24, 2.45) is 4.36 Å². The van der Waals surface area contributed by atoms with Gasteiger partial charge >= 0.3 is 0 Å². The van der Waals surface area contributed by atoms with E-state index < -0.39 is 9.73 Å². The van der Waals surface area contributed by atoms with Crippen LogP contribution in [0.1, 0.15) is 47.9 Å². The standard InChI is InChI=1S/C28H32N8OS/c1-36-13-12-23-20(18-36)14-22(15-24(23)19-8-5-4-6-9-19)31-28-30-17-21(16-29)27(34-28)33-25-10-7-11-26(32-25)35-38(2,3)37/h7-8,10-11,14-15,17H,4-6,9,12-13,18H2,1-3H3,(H2,30,31,32,33,34). The van der Waals surface area contributed by atoms with Crippen LogP contribution in [0.15, 0.2) is 47.0 Å². The molecular weight excluding hydrogens is 496 g/mol. The van der Waals surface area contributed by atoms with Crippen LogP contribution >= 0.6 is 0 Å². The highest BCUT2D eigenvalue weighted by Crippen LogP contribution is 2.36. The van der Waals surface area contributed by atoms with Crippen molar-refractivity contribution in [2.75, 3.05) is 36.7 Å². The maximum absolute atomic E-state index is 12.1. The summed E-state index contributed by atoms with van der Waals surface area (Å²) in [7, 11) is -0.201. The van der Waals surface area contributed by atoms with Crippen LogP contribution in [-0.4, -0.2) is 50.2 Å². The summed E-state index contributed by atoms with van der Waals surface area (Å²) >= 11 is 0. The molecule has 10 heteroatoms. The Morgan fingerprint density at radius 2 is 2.00 bits per heavy atom. The second kappa shape index (κ2) is 10.9. The summed E-state index contributed by atoms with van der Waals surface area (Å²) in [5.41, 5.74) is 6.75. The molecule has 0 bridgehead atoms. The van der Waals surface area contributed by atoms with Crippen molar-refractivity contribution >= 4 is 44.4 Å². The highest BCUT2D eigenvalue weighted by atomic mass is 32.2. The van der Waals surface area contributed by atoms with Gasteiger partial charge in [-0.25, -0.2) is 14.2 Å². The van der Waals surface area contributed by atoms with Gasteiger partial charge in [0.1, 0.15) is 17.5 Å². The molecule has 3 heterocycles. The average Bonchev–Trinajstić information content (AvgIpc) is 2.88. The topological polar surface area (TPSA) is 119 Å². The number of rotatable bonds is 6. The number of aromatic nitrogens is 3. The van der Waals surface area contributed by atoms with Crippen molar-refractivity contribution in [3.63, 3.8) is 0 Å². The molecule has 0 atom stereocenters. The smallest absolute Gasteiger partial charge is 0.229 e. The van der Waals surface area contributed by atoms with Gasteiger partial charge in [-0.15, -0.1) is 0 Å². The first-order chi connectivity index (χ1) is 18.3. The van der Waals surface area contributed by atoms with Crippen LogP contribution in [0.5, 0.6) is 0 Å². The fourth-order valence-electron chi connectivity index (χ4n) is 4.92. The van der Waals surface area contributed by atoms with Crippen molar-refractivity contribution in [1.29, 1.82) is 5.26 Å². The minimum Gasteiger partial charge on any atom is -0.324 e. The first kappa shape index (κ1) is 25.8. The lowest BCUT2D eigenvalue weighted by atomic mass is 9.86. The lowest BCUT2D eigenvalue weighted by Gasteiger charge is -2.29. The number of hydrogen-bond donors (Lipinski definition) is 2. The van der Waals surface area contributed by atoms with Crippen LogP contribution in [0.25, 0.3) is 5.57 Å². The number of nitrogens with zero attached hydrogens (tertiary/aromatic N) is 6. The maximum Gasteiger partial charge on any atom is 0.229 e. The third-order valence-corrected chi connectivity index (χ3v) is 7.25. The molecule has 5 rings (SSSR count). The molecule has 1 aliphatic heterocycles. The number of allylic oxidation sites excluding steroid dienone is 2. The minimum atomic E-state index is -2.35. The van der Waals surface area contributed by atoms with E-state index in [0.717, 1.165) is 38.0 Å². The average molecular weight is 529 g/mol. The molecule has 1 aliphatic carbocycles. The van der Waals surface area contributed by atoms with Crippen LogP contribution in [0, 0.1) is 11.3 Å². The highest BCUT2D eigenvalue weighted by Gasteiger charge is 2.21. The SMILES string of the molecule is CN1CCc2c(cc(Nc3ncc(C#N)c(Nc4cccc(N=S(C)(C)=O)n4)n3)cc2C2=CCCCC2)C1. The largest absolute Gasteiger partial charge is 0.324 e. The molecular formula is C28H32N8OS. The quantitative estimate of drug-likeness (QED) is 0.428. The molecule has 0 spiro atoms. The molecule has 1 aromatic carbocycles. The van der Waals surface area contributed by atoms with E-state index >= 15 is 0 Å². The first-order valence-corrected chi connectivity index (χ1v) is 15.1. The summed E-state index contributed by atoms with van der Waals surface area (Å²) in [5.74, 6) is 1.50. The van der Waals surface area contributed by atoms with Gasteiger partial charge in [0.25, 0.3) is 0 Å². The zero-order valence-electron chi connectivity index (χ0n) is 22.0. The van der Waals surface area contributed by atoms with E-state index in [1.165, 1.54) is 41.3 Å². The number of anilines is 4. The maximum atomic E-state index is 12.1. The van der Waals surface area contributed by atoms with Gasteiger partial charge in [-0.3, -0.25) is 0 Å². The summed E-state index contributed by atoms with van der Waals surface area (Å²) in [4.78, 5) is 15.7. The number of fused-ring (bicyclic) bond motifs is 1. The summed E-state index contributed by atoms with van der Waals surface area (Å²) in [6.45, 7) is 1.96. The summed E-state index contributed by atoms with van der Waals surface area (Å²) in [6, 6.07) is 11.7. The Morgan fingerprint density at radius 3 is 2.76 bits per heavy atom. The number of likely N-dealkylation sites (N-methyl/N-ethyl adjacent to an activating group) is 1. The van der Waals surface area contributed by atoms with E-state index in [0.29, 0.717) is 23.4 Å². The Labute approximate surface area is 224 Å². The van der Waals surface area contributed by atoms with Crippen molar-refractivity contribution in [3.05, 3.63) is 64.9 Å². The summed E-state index contributed by atoms with van der Waals surface area (Å²) in [6.07, 6.45) is 12.8. The highest BCUT2D eigenvalue weighted by molar-refractivity contribution is 7.92.